The topological polar surface area (TPSA) is 90.7 Å². The van der Waals surface area contributed by atoms with E-state index >= 15 is 0 Å². The Labute approximate surface area is 171 Å². The lowest BCUT2D eigenvalue weighted by Crippen LogP contribution is -2.22. The van der Waals surface area contributed by atoms with Crippen molar-refractivity contribution in [1.29, 1.82) is 0 Å². The minimum Gasteiger partial charge on any atom is -0.339 e. The Balaban J connectivity index is 0.00000240. The van der Waals surface area contributed by atoms with E-state index in [0.29, 0.717) is 36.8 Å². The number of aryl methyl sites for hydroxylation is 2. The Morgan fingerprint density at radius 3 is 2.52 bits per heavy atom. The molecule has 154 valence electrons. The molecular weight excluding hydrogens is 407 g/mol. The molecule has 0 saturated heterocycles. The lowest BCUT2D eigenvalue weighted by atomic mass is 9.85. The zero-order valence-electron chi connectivity index (χ0n) is 15.5. The Hall–Kier alpha value is -2.52. The first kappa shape index (κ1) is 21.2. The van der Waals surface area contributed by atoms with Crippen LogP contribution >= 0.6 is 12.4 Å². The first-order chi connectivity index (χ1) is 13.3. The number of benzene rings is 1. The van der Waals surface area contributed by atoms with Gasteiger partial charge < -0.3 is 10.3 Å². The van der Waals surface area contributed by atoms with Gasteiger partial charge in [0.15, 0.2) is 5.69 Å². The lowest BCUT2D eigenvalue weighted by molar-refractivity contribution is -0.142. The average Bonchev–Trinajstić information content (AvgIpc) is 3.16. The summed E-state index contributed by atoms with van der Waals surface area (Å²) in [6, 6.07) is 7.42. The summed E-state index contributed by atoms with van der Waals surface area (Å²) in [5.41, 5.74) is 7.05. The van der Waals surface area contributed by atoms with Crippen LogP contribution in [0.4, 0.5) is 13.2 Å². The van der Waals surface area contributed by atoms with E-state index in [1.807, 2.05) is 24.3 Å². The molecule has 0 amide bonds. The SMILES string of the molecule is Cc1nc2c(c(C(F)(F)F)n1)CC(c1nc(-c3ccc(CN)cc3)no1)CC2.Cl. The molecule has 2 aromatic heterocycles. The van der Waals surface area contributed by atoms with Gasteiger partial charge in [-0.05, 0) is 31.7 Å². The highest BCUT2D eigenvalue weighted by molar-refractivity contribution is 5.85. The molecule has 0 bridgehead atoms. The predicted molar refractivity (Wildman–Crippen MR) is 101 cm³/mol. The molecule has 29 heavy (non-hydrogen) atoms. The summed E-state index contributed by atoms with van der Waals surface area (Å²) >= 11 is 0. The first-order valence-corrected chi connectivity index (χ1v) is 8.91. The van der Waals surface area contributed by atoms with Crippen LogP contribution in [0.5, 0.6) is 0 Å². The predicted octanol–water partition coefficient (Wildman–Crippen LogP) is 4.01. The lowest BCUT2D eigenvalue weighted by Gasteiger charge is -2.24. The van der Waals surface area contributed by atoms with Gasteiger partial charge in [0.2, 0.25) is 11.7 Å². The highest BCUT2D eigenvalue weighted by Crippen LogP contribution is 2.38. The molecule has 6 nitrogen and oxygen atoms in total. The van der Waals surface area contributed by atoms with Crippen molar-refractivity contribution in [3.8, 4) is 11.4 Å². The van der Waals surface area contributed by atoms with Crippen molar-refractivity contribution < 1.29 is 17.7 Å². The molecule has 4 rings (SSSR count). The van der Waals surface area contributed by atoms with Gasteiger partial charge >= 0.3 is 6.18 Å². The number of rotatable bonds is 3. The molecule has 3 aromatic rings. The number of hydrogen-bond donors (Lipinski definition) is 1. The minimum atomic E-state index is -4.52. The largest absolute Gasteiger partial charge is 0.433 e. The number of halogens is 4. The number of fused-ring (bicyclic) bond motifs is 1. The van der Waals surface area contributed by atoms with E-state index in [9.17, 15) is 13.2 Å². The highest BCUT2D eigenvalue weighted by atomic mass is 35.5. The van der Waals surface area contributed by atoms with Crippen molar-refractivity contribution in [2.75, 3.05) is 0 Å². The van der Waals surface area contributed by atoms with Crippen molar-refractivity contribution in [3.63, 3.8) is 0 Å². The summed E-state index contributed by atoms with van der Waals surface area (Å²) in [4.78, 5) is 12.2. The van der Waals surface area contributed by atoms with Crippen LogP contribution in [0.1, 0.15) is 46.6 Å². The van der Waals surface area contributed by atoms with Gasteiger partial charge in [-0.15, -0.1) is 12.4 Å². The van der Waals surface area contributed by atoms with Crippen LogP contribution in [-0.4, -0.2) is 20.1 Å². The molecular formula is C19H19ClF3N5O. The molecule has 2 heterocycles. The van der Waals surface area contributed by atoms with Crippen LogP contribution in [0, 0.1) is 6.92 Å². The molecule has 0 radical (unpaired) electrons. The number of nitrogens with zero attached hydrogens (tertiary/aromatic N) is 4. The Kier molecular flexibility index (Phi) is 5.90. The maximum atomic E-state index is 13.4. The maximum absolute atomic E-state index is 13.4. The third kappa shape index (κ3) is 4.25. The molecule has 0 fully saturated rings. The Morgan fingerprint density at radius 2 is 1.86 bits per heavy atom. The standard InChI is InChI=1S/C19H18F3N5O.ClH/c1-10-24-15-7-6-13(8-14(15)16(25-10)19(20,21)22)18-26-17(27-28-18)12-4-2-11(9-23)3-5-12;/h2-5,13H,6-9,23H2,1H3;1H. The van der Waals surface area contributed by atoms with Gasteiger partial charge in [0.1, 0.15) is 5.82 Å². The normalized spacial score (nSPS) is 16.2. The summed E-state index contributed by atoms with van der Waals surface area (Å²) in [6.45, 7) is 1.91. The van der Waals surface area contributed by atoms with Crippen LogP contribution in [0.15, 0.2) is 28.8 Å². The third-order valence-electron chi connectivity index (χ3n) is 4.89. The van der Waals surface area contributed by atoms with Crippen molar-refractivity contribution >= 4 is 12.4 Å². The van der Waals surface area contributed by atoms with Gasteiger partial charge in [0.25, 0.3) is 0 Å². The Morgan fingerprint density at radius 1 is 1.14 bits per heavy atom. The number of nitrogens with two attached hydrogens (primary N) is 1. The van der Waals surface area contributed by atoms with Crippen molar-refractivity contribution in [3.05, 3.63) is 58.5 Å². The molecule has 0 spiro atoms. The van der Waals surface area contributed by atoms with Crippen LogP contribution in [0.3, 0.4) is 0 Å². The number of aromatic nitrogens is 4. The summed E-state index contributed by atoms with van der Waals surface area (Å²) in [6.07, 6.45) is -3.40. The van der Waals surface area contributed by atoms with E-state index in [0.717, 1.165) is 11.1 Å². The summed E-state index contributed by atoms with van der Waals surface area (Å²) in [7, 11) is 0. The van der Waals surface area contributed by atoms with Crippen molar-refractivity contribution in [2.45, 2.75) is 44.8 Å². The average molecular weight is 426 g/mol. The van der Waals surface area contributed by atoms with Gasteiger partial charge in [-0.25, -0.2) is 9.97 Å². The van der Waals surface area contributed by atoms with Gasteiger partial charge in [0, 0.05) is 29.3 Å². The second-order valence-corrected chi connectivity index (χ2v) is 6.84. The summed E-state index contributed by atoms with van der Waals surface area (Å²) in [5, 5.41) is 3.99. The molecule has 1 aliphatic rings. The van der Waals surface area contributed by atoms with Crippen LogP contribution < -0.4 is 5.73 Å². The fraction of sp³-hybridized carbons (Fsp3) is 0.368. The van der Waals surface area contributed by atoms with Crippen LogP contribution in [0.2, 0.25) is 0 Å². The van der Waals surface area contributed by atoms with Gasteiger partial charge in [-0.3, -0.25) is 0 Å². The number of hydrogen-bond acceptors (Lipinski definition) is 6. The van der Waals surface area contributed by atoms with Crippen molar-refractivity contribution in [1.82, 2.24) is 20.1 Å². The smallest absolute Gasteiger partial charge is 0.339 e. The van der Waals surface area contributed by atoms with Gasteiger partial charge in [-0.1, -0.05) is 29.4 Å². The molecule has 10 heteroatoms. The second-order valence-electron chi connectivity index (χ2n) is 6.84. The monoisotopic (exact) mass is 425 g/mol. The van der Waals surface area contributed by atoms with Crippen LogP contribution in [0.25, 0.3) is 11.4 Å². The summed E-state index contributed by atoms with van der Waals surface area (Å²) < 4.78 is 45.6. The molecule has 1 atom stereocenters. The van der Waals surface area contributed by atoms with E-state index in [4.69, 9.17) is 10.3 Å². The molecule has 1 aromatic carbocycles. The van der Waals surface area contributed by atoms with E-state index in [-0.39, 0.29) is 36.1 Å². The first-order valence-electron chi connectivity index (χ1n) is 8.91. The van der Waals surface area contributed by atoms with E-state index in [2.05, 4.69) is 20.1 Å². The molecule has 1 unspecified atom stereocenters. The third-order valence-corrected chi connectivity index (χ3v) is 4.89. The van der Waals surface area contributed by atoms with E-state index < -0.39 is 11.9 Å². The second kappa shape index (κ2) is 8.08. The summed E-state index contributed by atoms with van der Waals surface area (Å²) in [5.74, 6) is 0.563. The van der Waals surface area contributed by atoms with Gasteiger partial charge in [-0.2, -0.15) is 18.2 Å². The maximum Gasteiger partial charge on any atom is 0.433 e. The number of alkyl halides is 3. The quantitative estimate of drug-likeness (QED) is 0.681. The molecule has 1 aliphatic carbocycles. The minimum absolute atomic E-state index is 0. The van der Waals surface area contributed by atoms with Gasteiger partial charge in [0.05, 0.1) is 0 Å². The zero-order valence-corrected chi connectivity index (χ0v) is 16.3. The fourth-order valence-corrected chi connectivity index (χ4v) is 3.49. The highest BCUT2D eigenvalue weighted by Gasteiger charge is 2.39. The molecule has 0 saturated carbocycles. The molecule has 0 aliphatic heterocycles. The fourth-order valence-electron chi connectivity index (χ4n) is 3.49. The Bertz CT molecular complexity index is 1000. The van der Waals surface area contributed by atoms with Crippen molar-refractivity contribution in [2.24, 2.45) is 5.73 Å². The van der Waals surface area contributed by atoms with E-state index in [1.165, 1.54) is 6.92 Å². The van der Waals surface area contributed by atoms with Crippen LogP contribution in [-0.2, 0) is 25.6 Å². The van der Waals surface area contributed by atoms with E-state index in [1.54, 1.807) is 0 Å². The zero-order chi connectivity index (χ0) is 19.9. The molecule has 2 N–H and O–H groups in total.